The lowest BCUT2D eigenvalue weighted by atomic mass is 10.1. The first-order valence-corrected chi connectivity index (χ1v) is 6.47. The zero-order valence-electron chi connectivity index (χ0n) is 11.4. The van der Waals surface area contributed by atoms with Gasteiger partial charge in [0.05, 0.1) is 13.2 Å². The van der Waals surface area contributed by atoms with Gasteiger partial charge in [0, 0.05) is 13.1 Å². The predicted octanol–water partition coefficient (Wildman–Crippen LogP) is 1.05. The number of amides is 1. The number of nitrogens with zero attached hydrogens (tertiary/aromatic N) is 1. The van der Waals surface area contributed by atoms with Crippen LogP contribution < -0.4 is 10.2 Å². The van der Waals surface area contributed by atoms with Crippen LogP contribution in [0.15, 0.2) is 18.2 Å². The first kappa shape index (κ1) is 13.8. The van der Waals surface area contributed by atoms with Gasteiger partial charge in [0.2, 0.25) is 0 Å². The van der Waals surface area contributed by atoms with Crippen molar-refractivity contribution < 1.29 is 14.3 Å². The Labute approximate surface area is 113 Å². The van der Waals surface area contributed by atoms with Gasteiger partial charge >= 0.3 is 0 Å². The number of aryl methyl sites for hydroxylation is 2. The fraction of sp³-hybridized carbons (Fsp3) is 0.500. The number of benzene rings is 1. The SMILES string of the molecule is Cc1ccc(OCC(=O)NN2CCOCC2)c(C)c1. The Morgan fingerprint density at radius 1 is 1.37 bits per heavy atom. The molecule has 0 saturated carbocycles. The second-order valence-corrected chi connectivity index (χ2v) is 4.69. The van der Waals surface area contributed by atoms with Gasteiger partial charge in [0.15, 0.2) is 6.61 Å². The largest absolute Gasteiger partial charge is 0.483 e. The van der Waals surface area contributed by atoms with Gasteiger partial charge in [-0.25, -0.2) is 5.01 Å². The number of rotatable bonds is 4. The Morgan fingerprint density at radius 2 is 2.11 bits per heavy atom. The number of hydrazine groups is 1. The third-order valence-corrected chi connectivity index (χ3v) is 2.98. The highest BCUT2D eigenvalue weighted by molar-refractivity contribution is 5.77. The molecular weight excluding hydrogens is 244 g/mol. The standard InChI is InChI=1S/C14H20N2O3/c1-11-3-4-13(12(2)9-11)19-10-14(17)15-16-5-7-18-8-6-16/h3-4,9H,5-8,10H2,1-2H3,(H,15,17). The summed E-state index contributed by atoms with van der Waals surface area (Å²) in [7, 11) is 0. The minimum atomic E-state index is -0.137. The summed E-state index contributed by atoms with van der Waals surface area (Å²) in [4.78, 5) is 11.7. The van der Waals surface area contributed by atoms with Crippen molar-refractivity contribution in [3.05, 3.63) is 29.3 Å². The van der Waals surface area contributed by atoms with Crippen molar-refractivity contribution in [2.45, 2.75) is 13.8 Å². The van der Waals surface area contributed by atoms with Gasteiger partial charge in [-0.2, -0.15) is 0 Å². The quantitative estimate of drug-likeness (QED) is 0.883. The molecule has 1 saturated heterocycles. The average Bonchev–Trinajstić information content (AvgIpc) is 2.39. The summed E-state index contributed by atoms with van der Waals surface area (Å²) in [6.45, 7) is 6.77. The molecule has 0 aliphatic carbocycles. The van der Waals surface area contributed by atoms with Crippen LogP contribution in [0.4, 0.5) is 0 Å². The Balaban J connectivity index is 1.79. The van der Waals surface area contributed by atoms with Crippen LogP contribution in [0.5, 0.6) is 5.75 Å². The number of carbonyl (C=O) groups is 1. The summed E-state index contributed by atoms with van der Waals surface area (Å²) < 4.78 is 10.7. The molecule has 5 heteroatoms. The Kier molecular flexibility index (Phi) is 4.76. The van der Waals surface area contributed by atoms with Crippen molar-refractivity contribution in [2.24, 2.45) is 0 Å². The summed E-state index contributed by atoms with van der Waals surface area (Å²) in [5, 5.41) is 1.86. The molecule has 0 spiro atoms. The van der Waals surface area contributed by atoms with Crippen LogP contribution >= 0.6 is 0 Å². The van der Waals surface area contributed by atoms with E-state index in [4.69, 9.17) is 9.47 Å². The van der Waals surface area contributed by atoms with E-state index < -0.39 is 0 Å². The molecule has 1 aliphatic heterocycles. The minimum absolute atomic E-state index is 0.0290. The van der Waals surface area contributed by atoms with Crippen LogP contribution in [0, 0.1) is 13.8 Å². The second-order valence-electron chi connectivity index (χ2n) is 4.69. The molecule has 1 amide bonds. The van der Waals surface area contributed by atoms with E-state index in [9.17, 15) is 4.79 Å². The molecule has 19 heavy (non-hydrogen) atoms. The van der Waals surface area contributed by atoms with Gasteiger partial charge in [-0.15, -0.1) is 0 Å². The highest BCUT2D eigenvalue weighted by Crippen LogP contribution is 2.18. The summed E-state index contributed by atoms with van der Waals surface area (Å²) in [5.41, 5.74) is 5.03. The minimum Gasteiger partial charge on any atom is -0.483 e. The first-order valence-electron chi connectivity index (χ1n) is 6.47. The van der Waals surface area contributed by atoms with Gasteiger partial charge in [-0.3, -0.25) is 10.2 Å². The number of carbonyl (C=O) groups excluding carboxylic acids is 1. The van der Waals surface area contributed by atoms with E-state index in [1.165, 1.54) is 5.56 Å². The molecular formula is C14H20N2O3. The Morgan fingerprint density at radius 3 is 2.79 bits per heavy atom. The summed E-state index contributed by atoms with van der Waals surface area (Å²) in [6, 6.07) is 5.91. The summed E-state index contributed by atoms with van der Waals surface area (Å²) >= 11 is 0. The van der Waals surface area contributed by atoms with E-state index in [-0.39, 0.29) is 12.5 Å². The predicted molar refractivity (Wildman–Crippen MR) is 71.9 cm³/mol. The van der Waals surface area contributed by atoms with E-state index in [0.29, 0.717) is 13.2 Å². The van der Waals surface area contributed by atoms with Crippen LogP contribution in [0.3, 0.4) is 0 Å². The van der Waals surface area contributed by atoms with Crippen molar-refractivity contribution in [3.8, 4) is 5.75 Å². The van der Waals surface area contributed by atoms with Crippen molar-refractivity contribution in [1.82, 2.24) is 10.4 Å². The van der Waals surface area contributed by atoms with Crippen LogP contribution in [0.25, 0.3) is 0 Å². The third-order valence-electron chi connectivity index (χ3n) is 2.98. The molecule has 1 aliphatic rings. The van der Waals surface area contributed by atoms with Crippen molar-refractivity contribution in [1.29, 1.82) is 0 Å². The molecule has 0 unspecified atom stereocenters. The van der Waals surface area contributed by atoms with E-state index in [1.807, 2.05) is 37.1 Å². The molecule has 1 fully saturated rings. The zero-order chi connectivity index (χ0) is 13.7. The van der Waals surface area contributed by atoms with Crippen LogP contribution in [0.1, 0.15) is 11.1 Å². The maximum atomic E-state index is 11.7. The number of hydrogen-bond donors (Lipinski definition) is 1. The highest BCUT2D eigenvalue weighted by Gasteiger charge is 2.13. The monoisotopic (exact) mass is 264 g/mol. The molecule has 2 rings (SSSR count). The summed E-state index contributed by atoms with van der Waals surface area (Å²) in [5.74, 6) is 0.615. The van der Waals surface area contributed by atoms with Crippen LogP contribution in [-0.4, -0.2) is 43.8 Å². The molecule has 5 nitrogen and oxygen atoms in total. The third kappa shape index (κ3) is 4.22. The van der Waals surface area contributed by atoms with Gasteiger partial charge in [0.1, 0.15) is 5.75 Å². The lowest BCUT2D eigenvalue weighted by molar-refractivity contribution is -0.130. The highest BCUT2D eigenvalue weighted by atomic mass is 16.5. The van der Waals surface area contributed by atoms with Gasteiger partial charge in [-0.1, -0.05) is 17.7 Å². The van der Waals surface area contributed by atoms with E-state index in [1.54, 1.807) is 0 Å². The fourth-order valence-electron chi connectivity index (χ4n) is 1.99. The molecule has 0 radical (unpaired) electrons. The number of hydrogen-bond acceptors (Lipinski definition) is 4. The zero-order valence-corrected chi connectivity index (χ0v) is 11.4. The lowest BCUT2D eigenvalue weighted by Gasteiger charge is -2.26. The van der Waals surface area contributed by atoms with Crippen molar-refractivity contribution in [3.63, 3.8) is 0 Å². The van der Waals surface area contributed by atoms with Crippen molar-refractivity contribution in [2.75, 3.05) is 32.9 Å². The molecule has 1 heterocycles. The van der Waals surface area contributed by atoms with E-state index in [2.05, 4.69) is 5.43 Å². The Bertz CT molecular complexity index is 442. The topological polar surface area (TPSA) is 50.8 Å². The first-order chi connectivity index (χ1) is 9.15. The average molecular weight is 264 g/mol. The van der Waals surface area contributed by atoms with Crippen LogP contribution in [-0.2, 0) is 9.53 Å². The molecule has 1 aromatic rings. The maximum Gasteiger partial charge on any atom is 0.272 e. The van der Waals surface area contributed by atoms with E-state index >= 15 is 0 Å². The molecule has 0 bridgehead atoms. The lowest BCUT2D eigenvalue weighted by Crippen LogP contribution is -2.49. The number of ether oxygens (including phenoxy) is 2. The smallest absolute Gasteiger partial charge is 0.272 e. The number of nitrogens with one attached hydrogen (secondary N) is 1. The van der Waals surface area contributed by atoms with Gasteiger partial charge < -0.3 is 9.47 Å². The van der Waals surface area contributed by atoms with E-state index in [0.717, 1.165) is 24.4 Å². The molecule has 0 atom stereocenters. The number of morpholine rings is 1. The van der Waals surface area contributed by atoms with Gasteiger partial charge in [0.25, 0.3) is 5.91 Å². The Hall–Kier alpha value is -1.59. The van der Waals surface area contributed by atoms with Crippen molar-refractivity contribution >= 4 is 5.91 Å². The maximum absolute atomic E-state index is 11.7. The molecule has 0 aromatic heterocycles. The second kappa shape index (κ2) is 6.54. The van der Waals surface area contributed by atoms with Crippen LogP contribution in [0.2, 0.25) is 0 Å². The molecule has 1 N–H and O–H groups in total. The normalized spacial score (nSPS) is 16.1. The fourth-order valence-corrected chi connectivity index (χ4v) is 1.99. The van der Waals surface area contributed by atoms with Gasteiger partial charge in [-0.05, 0) is 25.5 Å². The summed E-state index contributed by atoms with van der Waals surface area (Å²) in [6.07, 6.45) is 0. The molecule has 104 valence electrons. The molecule has 1 aromatic carbocycles.